The topological polar surface area (TPSA) is 26.3 Å². The van der Waals surface area contributed by atoms with Gasteiger partial charge in [0.15, 0.2) is 0 Å². The monoisotopic (exact) mass is 368 g/mol. The van der Waals surface area contributed by atoms with Gasteiger partial charge in [-0.25, -0.2) is 0 Å². The van der Waals surface area contributed by atoms with Crippen molar-refractivity contribution in [3.8, 4) is 0 Å². The van der Waals surface area contributed by atoms with Crippen LogP contribution in [-0.4, -0.2) is 22.8 Å². The summed E-state index contributed by atoms with van der Waals surface area (Å²) in [7, 11) is 0. The van der Waals surface area contributed by atoms with E-state index in [2.05, 4.69) is 22.9 Å². The number of rotatable bonds is 13. The molecule has 0 N–H and O–H groups in total. The van der Waals surface area contributed by atoms with E-state index in [1.54, 1.807) is 0 Å². The van der Waals surface area contributed by atoms with Crippen LogP contribution < -0.4 is 0 Å². The Morgan fingerprint density at radius 3 is 2.05 bits per heavy atom. The van der Waals surface area contributed by atoms with E-state index in [1.807, 2.05) is 0 Å². The van der Waals surface area contributed by atoms with Crippen molar-refractivity contribution in [2.45, 2.75) is 88.3 Å². The smallest absolute Gasteiger partial charge is 0.302 e. The van der Waals surface area contributed by atoms with E-state index in [9.17, 15) is 4.79 Å². The van der Waals surface area contributed by atoms with Crippen molar-refractivity contribution in [1.82, 2.24) is 0 Å². The van der Waals surface area contributed by atoms with E-state index in [-0.39, 0.29) is 11.3 Å². The summed E-state index contributed by atoms with van der Waals surface area (Å²) in [6, 6.07) is 0. The summed E-state index contributed by atoms with van der Waals surface area (Å²) in [5.74, 6) is -0.170. The molecule has 0 aromatic carbocycles. The van der Waals surface area contributed by atoms with E-state index >= 15 is 0 Å². The second kappa shape index (κ2) is 14.2. The van der Waals surface area contributed by atoms with Crippen LogP contribution in [0.25, 0.3) is 0 Å². The molecule has 0 aliphatic carbocycles. The minimum Gasteiger partial charge on any atom is -0.466 e. The molecule has 0 rings (SSSR count). The predicted octanol–water partition coefficient (Wildman–Crippen LogP) is 5.84. The second-order valence-electron chi connectivity index (χ2n) is 5.40. The number of carbonyl (C=O) groups excluding carboxylic acids is 1. The molecule has 0 aliphatic rings. The molecule has 4 heteroatoms. The highest BCUT2D eigenvalue weighted by molar-refractivity contribution is 9.09. The Balaban J connectivity index is 3.15. The summed E-state index contributed by atoms with van der Waals surface area (Å²) in [6.45, 7) is 4.21. The van der Waals surface area contributed by atoms with Gasteiger partial charge >= 0.3 is 5.97 Å². The van der Waals surface area contributed by atoms with Gasteiger partial charge in [0, 0.05) is 17.1 Å². The molecule has 0 amide bonds. The standard InChI is InChI=1S/C16H30BrClO2/c1-3-15(17)16(18)12-10-8-6-4-5-7-9-11-13-20-14(2)19/h15-16H,3-13H2,1-2H3/t15-,16-/m1/s1. The number of carbonyl (C=O) groups is 1. The highest BCUT2D eigenvalue weighted by Gasteiger charge is 2.12. The maximum Gasteiger partial charge on any atom is 0.302 e. The second-order valence-corrected chi connectivity index (χ2v) is 7.13. The molecule has 120 valence electrons. The lowest BCUT2D eigenvalue weighted by atomic mass is 10.1. The Labute approximate surface area is 138 Å². The third-order valence-corrected chi connectivity index (χ3v) is 5.57. The van der Waals surface area contributed by atoms with Crippen LogP contribution in [-0.2, 0) is 9.53 Å². The van der Waals surface area contributed by atoms with Gasteiger partial charge in [0.25, 0.3) is 0 Å². The zero-order valence-electron chi connectivity index (χ0n) is 13.0. The summed E-state index contributed by atoms with van der Waals surface area (Å²) < 4.78 is 4.90. The van der Waals surface area contributed by atoms with Crippen molar-refractivity contribution in [1.29, 1.82) is 0 Å². The SMILES string of the molecule is CC[C@@H](Br)[C@H](Cl)CCCCCCCCCCOC(C)=O. The Kier molecular flexibility index (Phi) is 14.4. The number of alkyl halides is 2. The molecule has 0 bridgehead atoms. The molecule has 0 unspecified atom stereocenters. The van der Waals surface area contributed by atoms with E-state index in [0.717, 1.165) is 19.3 Å². The van der Waals surface area contributed by atoms with Crippen molar-refractivity contribution in [3.05, 3.63) is 0 Å². The molecule has 0 fully saturated rings. The largest absolute Gasteiger partial charge is 0.466 e. The van der Waals surface area contributed by atoms with Crippen LogP contribution in [0.15, 0.2) is 0 Å². The van der Waals surface area contributed by atoms with Crippen LogP contribution in [0.5, 0.6) is 0 Å². The van der Waals surface area contributed by atoms with E-state index in [1.165, 1.54) is 51.9 Å². The first kappa shape index (κ1) is 20.2. The van der Waals surface area contributed by atoms with Gasteiger partial charge in [-0.2, -0.15) is 0 Å². The highest BCUT2D eigenvalue weighted by Crippen LogP contribution is 2.21. The molecule has 2 atom stereocenters. The highest BCUT2D eigenvalue weighted by atomic mass is 79.9. The molecule has 2 nitrogen and oxygen atoms in total. The quantitative estimate of drug-likeness (QED) is 0.231. The Morgan fingerprint density at radius 2 is 1.55 bits per heavy atom. The maximum absolute atomic E-state index is 10.6. The molecule has 0 radical (unpaired) electrons. The van der Waals surface area contributed by atoms with Crippen LogP contribution in [0.3, 0.4) is 0 Å². The molecule has 0 aromatic heterocycles. The number of ether oxygens (including phenoxy) is 1. The Hall–Kier alpha value is 0.240. The number of esters is 1. The normalized spacial score (nSPS) is 14.0. The number of halogens is 2. The van der Waals surface area contributed by atoms with Crippen molar-refractivity contribution < 1.29 is 9.53 Å². The fraction of sp³-hybridized carbons (Fsp3) is 0.938. The summed E-state index contributed by atoms with van der Waals surface area (Å²) >= 11 is 9.89. The fourth-order valence-electron chi connectivity index (χ4n) is 2.15. The molecule has 0 aromatic rings. The first-order chi connectivity index (χ1) is 9.57. The van der Waals surface area contributed by atoms with Crippen molar-refractivity contribution in [2.75, 3.05) is 6.61 Å². The van der Waals surface area contributed by atoms with Crippen LogP contribution in [0, 0.1) is 0 Å². The van der Waals surface area contributed by atoms with Crippen LogP contribution in [0.4, 0.5) is 0 Å². The minimum atomic E-state index is -0.170. The van der Waals surface area contributed by atoms with Gasteiger partial charge in [-0.3, -0.25) is 4.79 Å². The van der Waals surface area contributed by atoms with Gasteiger partial charge in [-0.05, 0) is 19.3 Å². The lowest BCUT2D eigenvalue weighted by Gasteiger charge is -2.13. The van der Waals surface area contributed by atoms with Crippen LogP contribution in [0.1, 0.15) is 78.1 Å². The minimum absolute atomic E-state index is 0.170. The lowest BCUT2D eigenvalue weighted by molar-refractivity contribution is -0.141. The molecule has 20 heavy (non-hydrogen) atoms. The van der Waals surface area contributed by atoms with Crippen molar-refractivity contribution in [2.24, 2.45) is 0 Å². The first-order valence-electron chi connectivity index (χ1n) is 7.99. The molecule has 0 spiro atoms. The zero-order valence-corrected chi connectivity index (χ0v) is 15.3. The third-order valence-electron chi connectivity index (χ3n) is 3.46. The number of hydrogen-bond acceptors (Lipinski definition) is 2. The zero-order chi connectivity index (χ0) is 15.2. The third kappa shape index (κ3) is 13.2. The average molecular weight is 370 g/mol. The van der Waals surface area contributed by atoms with Gasteiger partial charge in [0.1, 0.15) is 0 Å². The molecule has 0 heterocycles. The van der Waals surface area contributed by atoms with E-state index in [0.29, 0.717) is 11.4 Å². The molecular formula is C16H30BrClO2. The lowest BCUT2D eigenvalue weighted by Crippen LogP contribution is -2.12. The van der Waals surface area contributed by atoms with Gasteiger partial charge in [0.2, 0.25) is 0 Å². The van der Waals surface area contributed by atoms with Gasteiger partial charge < -0.3 is 4.74 Å². The van der Waals surface area contributed by atoms with Crippen LogP contribution in [0.2, 0.25) is 0 Å². The predicted molar refractivity (Wildman–Crippen MR) is 90.8 cm³/mol. The Morgan fingerprint density at radius 1 is 1.05 bits per heavy atom. The fourth-order valence-corrected chi connectivity index (χ4v) is 2.75. The van der Waals surface area contributed by atoms with E-state index < -0.39 is 0 Å². The van der Waals surface area contributed by atoms with Gasteiger partial charge in [-0.15, -0.1) is 11.6 Å². The summed E-state index contributed by atoms with van der Waals surface area (Å²) in [5, 5.41) is 0.279. The van der Waals surface area contributed by atoms with Gasteiger partial charge in [-0.1, -0.05) is 67.8 Å². The molecular weight excluding hydrogens is 340 g/mol. The Bertz CT molecular complexity index is 237. The summed E-state index contributed by atoms with van der Waals surface area (Å²) in [4.78, 5) is 11.0. The summed E-state index contributed by atoms with van der Waals surface area (Å²) in [5.41, 5.74) is 0. The van der Waals surface area contributed by atoms with Crippen LogP contribution >= 0.6 is 27.5 Å². The number of unbranched alkanes of at least 4 members (excludes halogenated alkanes) is 7. The first-order valence-corrected chi connectivity index (χ1v) is 9.34. The van der Waals surface area contributed by atoms with Gasteiger partial charge in [0.05, 0.1) is 6.61 Å². The molecule has 0 saturated heterocycles. The average Bonchev–Trinajstić information content (AvgIpc) is 2.43. The number of hydrogen-bond donors (Lipinski definition) is 0. The van der Waals surface area contributed by atoms with E-state index in [4.69, 9.17) is 16.3 Å². The maximum atomic E-state index is 10.6. The molecule has 0 aliphatic heterocycles. The summed E-state index contributed by atoms with van der Waals surface area (Å²) in [6.07, 6.45) is 12.1. The molecule has 0 saturated carbocycles. The van der Waals surface area contributed by atoms with Crippen molar-refractivity contribution in [3.63, 3.8) is 0 Å². The van der Waals surface area contributed by atoms with Crippen molar-refractivity contribution >= 4 is 33.5 Å².